The second-order valence-electron chi connectivity index (χ2n) is 7.95. The highest BCUT2D eigenvalue weighted by atomic mass is 16.4. The fourth-order valence-electron chi connectivity index (χ4n) is 4.28. The molecule has 1 atom stereocenters. The normalized spacial score (nSPS) is 19.6. The van der Waals surface area contributed by atoms with Gasteiger partial charge in [0, 0.05) is 6.54 Å². The zero-order chi connectivity index (χ0) is 19.0. The van der Waals surface area contributed by atoms with E-state index in [9.17, 15) is 4.79 Å². The summed E-state index contributed by atoms with van der Waals surface area (Å²) in [5.74, 6) is 0.600. The van der Waals surface area contributed by atoms with Crippen LogP contribution in [0.1, 0.15) is 43.2 Å². The van der Waals surface area contributed by atoms with Crippen LogP contribution in [0.15, 0.2) is 59.0 Å². The highest BCUT2D eigenvalue weighted by Gasteiger charge is 2.55. The van der Waals surface area contributed by atoms with Gasteiger partial charge in [0.15, 0.2) is 5.58 Å². The highest BCUT2D eigenvalue weighted by molar-refractivity contribution is 5.90. The Hall–Kier alpha value is -2.66. The van der Waals surface area contributed by atoms with Gasteiger partial charge in [-0.1, -0.05) is 42.5 Å². The quantitative estimate of drug-likeness (QED) is 0.712. The van der Waals surface area contributed by atoms with Crippen molar-refractivity contribution in [1.82, 2.24) is 15.2 Å². The van der Waals surface area contributed by atoms with Crippen LogP contribution in [0.2, 0.25) is 0 Å². The van der Waals surface area contributed by atoms with Crippen LogP contribution in [0.3, 0.4) is 0 Å². The fourth-order valence-corrected chi connectivity index (χ4v) is 4.28. The molecule has 1 unspecified atom stereocenters. The van der Waals surface area contributed by atoms with Crippen molar-refractivity contribution in [3.05, 3.63) is 66.1 Å². The van der Waals surface area contributed by atoms with Gasteiger partial charge in [-0.3, -0.25) is 9.69 Å². The van der Waals surface area contributed by atoms with Crippen LogP contribution in [0.5, 0.6) is 0 Å². The molecule has 5 heteroatoms. The number of aromatic nitrogens is 1. The first-order valence-electron chi connectivity index (χ1n) is 10.2. The van der Waals surface area contributed by atoms with Gasteiger partial charge in [0.25, 0.3) is 0 Å². The number of hydrogen-bond acceptors (Lipinski definition) is 4. The lowest BCUT2D eigenvalue weighted by Gasteiger charge is -2.28. The maximum absolute atomic E-state index is 13.1. The minimum absolute atomic E-state index is 0.0409. The SMILES string of the molecule is O=C(NCC(c1ccccc1)N1CCCC1)C1(c2nc3ccccc3o2)CC1. The van der Waals surface area contributed by atoms with E-state index in [0.29, 0.717) is 12.4 Å². The van der Waals surface area contributed by atoms with Crippen molar-refractivity contribution in [3.8, 4) is 0 Å². The molecule has 2 fully saturated rings. The Kier molecular flexibility index (Phi) is 4.40. The first-order valence-corrected chi connectivity index (χ1v) is 10.2. The first kappa shape index (κ1) is 17.4. The number of oxazole rings is 1. The molecule has 5 rings (SSSR count). The molecule has 5 nitrogen and oxygen atoms in total. The van der Waals surface area contributed by atoms with Gasteiger partial charge in [0.1, 0.15) is 10.9 Å². The highest BCUT2D eigenvalue weighted by Crippen LogP contribution is 2.48. The molecule has 3 aromatic rings. The van der Waals surface area contributed by atoms with Crippen molar-refractivity contribution in [2.75, 3.05) is 19.6 Å². The number of nitrogens with one attached hydrogen (secondary N) is 1. The van der Waals surface area contributed by atoms with Crippen molar-refractivity contribution >= 4 is 17.0 Å². The zero-order valence-corrected chi connectivity index (χ0v) is 15.9. The second-order valence-corrected chi connectivity index (χ2v) is 7.95. The van der Waals surface area contributed by atoms with E-state index in [2.05, 4.69) is 39.5 Å². The average Bonchev–Trinajstić information content (AvgIpc) is 3.16. The van der Waals surface area contributed by atoms with Gasteiger partial charge in [-0.05, 0) is 56.5 Å². The van der Waals surface area contributed by atoms with E-state index in [1.165, 1.54) is 18.4 Å². The molecule has 1 aromatic heterocycles. The summed E-state index contributed by atoms with van der Waals surface area (Å²) in [7, 11) is 0. The Bertz CT molecular complexity index is 939. The molecule has 2 aromatic carbocycles. The van der Waals surface area contributed by atoms with Gasteiger partial charge in [0.05, 0.1) is 6.04 Å². The summed E-state index contributed by atoms with van der Waals surface area (Å²) in [6, 6.07) is 18.4. The molecule has 1 saturated carbocycles. The van der Waals surface area contributed by atoms with E-state index in [4.69, 9.17) is 4.42 Å². The van der Waals surface area contributed by atoms with Crippen molar-refractivity contribution in [2.24, 2.45) is 0 Å². The minimum atomic E-state index is -0.592. The predicted molar refractivity (Wildman–Crippen MR) is 108 cm³/mol. The van der Waals surface area contributed by atoms with E-state index in [-0.39, 0.29) is 11.9 Å². The van der Waals surface area contributed by atoms with Crippen LogP contribution in [0.4, 0.5) is 0 Å². The van der Waals surface area contributed by atoms with E-state index >= 15 is 0 Å². The molecule has 1 amide bonds. The topological polar surface area (TPSA) is 58.4 Å². The van der Waals surface area contributed by atoms with Gasteiger partial charge in [-0.25, -0.2) is 4.98 Å². The number of nitrogens with zero attached hydrogens (tertiary/aromatic N) is 2. The molecular formula is C23H25N3O2. The lowest BCUT2D eigenvalue weighted by molar-refractivity contribution is -0.124. The monoisotopic (exact) mass is 375 g/mol. The molecule has 1 saturated heterocycles. The smallest absolute Gasteiger partial charge is 0.235 e. The number of carbonyl (C=O) groups excluding carboxylic acids is 1. The molecule has 1 aliphatic carbocycles. The number of fused-ring (bicyclic) bond motifs is 1. The van der Waals surface area contributed by atoms with Crippen molar-refractivity contribution in [2.45, 2.75) is 37.1 Å². The molecule has 144 valence electrons. The number of amides is 1. The number of carbonyl (C=O) groups is 1. The van der Waals surface area contributed by atoms with Crippen molar-refractivity contribution < 1.29 is 9.21 Å². The predicted octanol–water partition coefficient (Wildman–Crippen LogP) is 3.81. The maximum Gasteiger partial charge on any atom is 0.235 e. The third-order valence-electron chi connectivity index (χ3n) is 6.11. The summed E-state index contributed by atoms with van der Waals surface area (Å²) >= 11 is 0. The van der Waals surface area contributed by atoms with Crippen LogP contribution in [-0.4, -0.2) is 35.4 Å². The molecule has 0 spiro atoms. The van der Waals surface area contributed by atoms with Gasteiger partial charge in [0.2, 0.25) is 11.8 Å². The summed E-state index contributed by atoms with van der Waals surface area (Å²) in [4.78, 5) is 20.2. The molecule has 2 heterocycles. The van der Waals surface area contributed by atoms with Crippen LogP contribution in [0, 0.1) is 0 Å². The molecule has 0 bridgehead atoms. The Balaban J connectivity index is 1.34. The first-order chi connectivity index (χ1) is 13.8. The minimum Gasteiger partial charge on any atom is -0.440 e. The molecular weight excluding hydrogens is 350 g/mol. The number of para-hydroxylation sites is 2. The largest absolute Gasteiger partial charge is 0.440 e. The van der Waals surface area contributed by atoms with Crippen LogP contribution < -0.4 is 5.32 Å². The number of benzene rings is 2. The maximum atomic E-state index is 13.1. The van der Waals surface area contributed by atoms with Gasteiger partial charge in [-0.15, -0.1) is 0 Å². The van der Waals surface area contributed by atoms with Crippen molar-refractivity contribution in [1.29, 1.82) is 0 Å². The van der Waals surface area contributed by atoms with Gasteiger partial charge < -0.3 is 9.73 Å². The summed E-state index contributed by atoms with van der Waals surface area (Å²) in [5.41, 5.74) is 2.23. The summed E-state index contributed by atoms with van der Waals surface area (Å²) in [6.07, 6.45) is 4.05. The molecule has 1 aliphatic heterocycles. The summed E-state index contributed by atoms with van der Waals surface area (Å²) < 4.78 is 5.93. The second kappa shape index (κ2) is 7.06. The molecule has 28 heavy (non-hydrogen) atoms. The number of rotatable bonds is 6. The third kappa shape index (κ3) is 3.10. The molecule has 1 N–H and O–H groups in total. The van der Waals surface area contributed by atoms with Crippen molar-refractivity contribution in [3.63, 3.8) is 0 Å². The standard InChI is InChI=1S/C23H25N3O2/c27-21(23(12-13-23)22-25-18-10-4-5-11-20(18)28-22)24-16-19(26-14-6-7-15-26)17-8-2-1-3-9-17/h1-5,8-11,19H,6-7,12-16H2,(H,24,27). The van der Waals surface area contributed by atoms with E-state index in [1.54, 1.807) is 0 Å². The number of hydrogen-bond donors (Lipinski definition) is 1. The van der Waals surface area contributed by atoms with Crippen LogP contribution in [-0.2, 0) is 10.2 Å². The van der Waals surface area contributed by atoms with E-state index < -0.39 is 5.41 Å². The third-order valence-corrected chi connectivity index (χ3v) is 6.11. The Morgan fingerprint density at radius 2 is 1.79 bits per heavy atom. The fraction of sp³-hybridized carbons (Fsp3) is 0.391. The molecule has 0 radical (unpaired) electrons. The Morgan fingerprint density at radius 3 is 2.50 bits per heavy atom. The lowest BCUT2D eigenvalue weighted by atomic mass is 10.0. The lowest BCUT2D eigenvalue weighted by Crippen LogP contribution is -2.41. The summed E-state index contributed by atoms with van der Waals surface area (Å²) in [6.45, 7) is 2.79. The zero-order valence-electron chi connectivity index (χ0n) is 15.9. The van der Waals surface area contributed by atoms with Gasteiger partial charge in [-0.2, -0.15) is 0 Å². The molecule has 2 aliphatic rings. The van der Waals surface area contributed by atoms with E-state index in [1.807, 2.05) is 30.3 Å². The Morgan fingerprint density at radius 1 is 1.07 bits per heavy atom. The van der Waals surface area contributed by atoms with Crippen LogP contribution in [0.25, 0.3) is 11.1 Å². The average molecular weight is 375 g/mol. The van der Waals surface area contributed by atoms with E-state index in [0.717, 1.165) is 37.0 Å². The van der Waals surface area contributed by atoms with Crippen LogP contribution >= 0.6 is 0 Å². The summed E-state index contributed by atoms with van der Waals surface area (Å²) in [5, 5.41) is 3.22. The number of likely N-dealkylation sites (tertiary alicyclic amines) is 1. The van der Waals surface area contributed by atoms with Gasteiger partial charge >= 0.3 is 0 Å². The Labute approximate surface area is 164 Å².